The van der Waals surface area contributed by atoms with E-state index in [1.165, 1.54) is 20.8 Å². The average molecular weight is 272 g/mol. The molecule has 0 aliphatic carbocycles. The predicted octanol–water partition coefficient (Wildman–Crippen LogP) is 0.542. The van der Waals surface area contributed by atoms with Crippen LogP contribution in [-0.2, 0) is 19.1 Å². The summed E-state index contributed by atoms with van der Waals surface area (Å²) in [5.41, 5.74) is -1.03. The third kappa shape index (κ3) is 5.23. The van der Waals surface area contributed by atoms with Crippen molar-refractivity contribution in [3.05, 3.63) is 24.3 Å². The molecule has 0 aromatic heterocycles. The summed E-state index contributed by atoms with van der Waals surface area (Å²) >= 11 is 0. The van der Waals surface area contributed by atoms with Gasteiger partial charge in [-0.05, 0) is 20.8 Å². The highest BCUT2D eigenvalue weighted by atomic mass is 16.6. The first-order valence-electron chi connectivity index (χ1n) is 5.62. The molecule has 2 N–H and O–H groups in total. The van der Waals surface area contributed by atoms with Crippen molar-refractivity contribution < 1.29 is 29.3 Å². The molecule has 0 bridgehead atoms. The first-order valence-corrected chi connectivity index (χ1v) is 5.62. The summed E-state index contributed by atoms with van der Waals surface area (Å²) in [5, 5.41) is 19.1. The van der Waals surface area contributed by atoms with Crippen molar-refractivity contribution in [1.82, 2.24) is 0 Å². The van der Waals surface area contributed by atoms with Crippen LogP contribution in [0.5, 0.6) is 0 Å². The summed E-state index contributed by atoms with van der Waals surface area (Å²) in [6, 6.07) is 0. The molecule has 0 aromatic carbocycles. The zero-order chi connectivity index (χ0) is 15.2. The number of ether oxygens (including phenoxy) is 2. The molecule has 19 heavy (non-hydrogen) atoms. The Balaban J connectivity index is 4.66. The van der Waals surface area contributed by atoms with Gasteiger partial charge in [0.1, 0.15) is 6.61 Å². The van der Waals surface area contributed by atoms with Crippen LogP contribution in [0.25, 0.3) is 0 Å². The fraction of sp³-hybridized carbons (Fsp3) is 0.538. The Morgan fingerprint density at radius 2 is 1.68 bits per heavy atom. The number of rotatable bonds is 7. The van der Waals surface area contributed by atoms with Crippen LogP contribution in [0.3, 0.4) is 0 Å². The van der Waals surface area contributed by atoms with Crippen molar-refractivity contribution in [3.63, 3.8) is 0 Å². The second-order valence-electron chi connectivity index (χ2n) is 4.71. The van der Waals surface area contributed by atoms with Gasteiger partial charge in [-0.15, -0.1) is 0 Å². The third-order valence-corrected chi connectivity index (χ3v) is 2.41. The lowest BCUT2D eigenvalue weighted by molar-refractivity contribution is -0.202. The molecule has 0 heterocycles. The highest BCUT2D eigenvalue weighted by molar-refractivity contribution is 5.87. The summed E-state index contributed by atoms with van der Waals surface area (Å²) in [4.78, 5) is 22.5. The summed E-state index contributed by atoms with van der Waals surface area (Å²) in [5.74, 6) is -1.45. The largest absolute Gasteiger partial charge is 0.461 e. The third-order valence-electron chi connectivity index (χ3n) is 2.41. The molecule has 0 radical (unpaired) electrons. The van der Waals surface area contributed by atoms with Crippen molar-refractivity contribution in [2.45, 2.75) is 27.1 Å². The molecule has 0 aromatic rings. The van der Waals surface area contributed by atoms with E-state index in [4.69, 9.17) is 9.47 Å². The average Bonchev–Trinajstić information content (AvgIpc) is 2.34. The molecular formula is C13H20O6. The van der Waals surface area contributed by atoms with Crippen LogP contribution in [0.15, 0.2) is 24.3 Å². The molecule has 2 atom stereocenters. The van der Waals surface area contributed by atoms with Crippen LogP contribution in [0.2, 0.25) is 0 Å². The minimum absolute atomic E-state index is 0.110. The van der Waals surface area contributed by atoms with Gasteiger partial charge in [-0.3, -0.25) is 0 Å². The SMILES string of the molecule is C=C(C)C(=O)OCC(C)(CO)C(O)OC(=O)C(=C)C. The van der Waals surface area contributed by atoms with Crippen LogP contribution in [0.4, 0.5) is 0 Å². The van der Waals surface area contributed by atoms with Gasteiger partial charge in [0.15, 0.2) is 0 Å². The molecular weight excluding hydrogens is 252 g/mol. The van der Waals surface area contributed by atoms with Crippen molar-refractivity contribution in [2.24, 2.45) is 5.41 Å². The molecule has 0 rings (SSSR count). The summed E-state index contributed by atoms with van der Waals surface area (Å²) < 4.78 is 9.55. The lowest BCUT2D eigenvalue weighted by atomic mass is 9.92. The Bertz CT molecular complexity index is 387. The van der Waals surface area contributed by atoms with Gasteiger partial charge in [-0.1, -0.05) is 13.2 Å². The number of aliphatic hydroxyl groups is 2. The van der Waals surface area contributed by atoms with E-state index in [9.17, 15) is 19.8 Å². The van der Waals surface area contributed by atoms with Gasteiger partial charge in [-0.25, -0.2) is 9.59 Å². The number of hydrogen-bond acceptors (Lipinski definition) is 6. The number of carbonyl (C=O) groups is 2. The number of carbonyl (C=O) groups excluding carboxylic acids is 2. The molecule has 0 fully saturated rings. The second kappa shape index (κ2) is 7.06. The molecule has 0 spiro atoms. The maximum Gasteiger partial charge on any atom is 0.335 e. The molecule has 6 nitrogen and oxygen atoms in total. The summed E-state index contributed by atoms with van der Waals surface area (Å²) in [6.45, 7) is 10.2. The zero-order valence-electron chi connectivity index (χ0n) is 11.4. The van der Waals surface area contributed by atoms with E-state index in [1.807, 2.05) is 0 Å². The molecule has 0 saturated carbocycles. The topological polar surface area (TPSA) is 93.1 Å². The minimum atomic E-state index is -1.63. The Morgan fingerprint density at radius 1 is 1.21 bits per heavy atom. The molecule has 6 heteroatoms. The van der Waals surface area contributed by atoms with Gasteiger partial charge in [0, 0.05) is 11.1 Å². The molecule has 0 saturated heterocycles. The normalized spacial score (nSPS) is 15.0. The fourth-order valence-corrected chi connectivity index (χ4v) is 0.893. The Kier molecular flexibility index (Phi) is 6.44. The van der Waals surface area contributed by atoms with Crippen LogP contribution < -0.4 is 0 Å². The van der Waals surface area contributed by atoms with Gasteiger partial charge in [0.05, 0.1) is 12.0 Å². The first kappa shape index (κ1) is 17.3. The van der Waals surface area contributed by atoms with E-state index in [0.717, 1.165) is 0 Å². The maximum atomic E-state index is 11.3. The van der Waals surface area contributed by atoms with Gasteiger partial charge in [0.2, 0.25) is 6.29 Å². The van der Waals surface area contributed by atoms with Gasteiger partial charge in [0.25, 0.3) is 0 Å². The monoisotopic (exact) mass is 272 g/mol. The number of aliphatic hydroxyl groups excluding tert-OH is 2. The van der Waals surface area contributed by atoms with Crippen LogP contribution in [0.1, 0.15) is 20.8 Å². The van der Waals surface area contributed by atoms with E-state index in [0.29, 0.717) is 0 Å². The minimum Gasteiger partial charge on any atom is -0.461 e. The van der Waals surface area contributed by atoms with Crippen LogP contribution >= 0.6 is 0 Å². The Labute approximate surface area is 112 Å². The fourth-order valence-electron chi connectivity index (χ4n) is 0.893. The van der Waals surface area contributed by atoms with Gasteiger partial charge < -0.3 is 19.7 Å². The van der Waals surface area contributed by atoms with Crippen LogP contribution in [-0.4, -0.2) is 41.7 Å². The molecule has 108 valence electrons. The molecule has 0 aliphatic rings. The van der Waals surface area contributed by atoms with Crippen molar-refractivity contribution >= 4 is 11.9 Å². The number of hydrogen-bond donors (Lipinski definition) is 2. The van der Waals surface area contributed by atoms with Crippen LogP contribution in [0, 0.1) is 5.41 Å². The van der Waals surface area contributed by atoms with E-state index in [-0.39, 0.29) is 17.8 Å². The quantitative estimate of drug-likeness (QED) is 0.399. The second-order valence-corrected chi connectivity index (χ2v) is 4.71. The van der Waals surface area contributed by atoms with E-state index in [2.05, 4.69) is 13.2 Å². The van der Waals surface area contributed by atoms with Crippen molar-refractivity contribution in [1.29, 1.82) is 0 Å². The van der Waals surface area contributed by atoms with Gasteiger partial charge in [-0.2, -0.15) is 0 Å². The summed E-state index contributed by atoms with van der Waals surface area (Å²) in [6.07, 6.45) is -1.63. The first-order chi connectivity index (χ1) is 8.64. The molecule has 0 amide bonds. The van der Waals surface area contributed by atoms with E-state index >= 15 is 0 Å². The maximum absolute atomic E-state index is 11.3. The highest BCUT2D eigenvalue weighted by Gasteiger charge is 2.37. The highest BCUT2D eigenvalue weighted by Crippen LogP contribution is 2.23. The predicted molar refractivity (Wildman–Crippen MR) is 67.9 cm³/mol. The Hall–Kier alpha value is -1.66. The van der Waals surface area contributed by atoms with E-state index < -0.39 is 30.3 Å². The number of esters is 2. The summed E-state index contributed by atoms with van der Waals surface area (Å²) in [7, 11) is 0. The molecule has 2 unspecified atom stereocenters. The van der Waals surface area contributed by atoms with E-state index in [1.54, 1.807) is 0 Å². The van der Waals surface area contributed by atoms with Crippen molar-refractivity contribution in [2.75, 3.05) is 13.2 Å². The standard InChI is InChI=1S/C13H20O6/c1-8(2)10(15)18-7-13(5,6-14)12(17)19-11(16)9(3)4/h12,14,17H,1,3,6-7H2,2,4-5H3. The Morgan fingerprint density at radius 3 is 2.05 bits per heavy atom. The van der Waals surface area contributed by atoms with Crippen molar-refractivity contribution in [3.8, 4) is 0 Å². The smallest absolute Gasteiger partial charge is 0.335 e. The van der Waals surface area contributed by atoms with Gasteiger partial charge >= 0.3 is 11.9 Å². The lowest BCUT2D eigenvalue weighted by Gasteiger charge is -2.31. The molecule has 0 aliphatic heterocycles. The zero-order valence-corrected chi connectivity index (χ0v) is 11.4. The lowest BCUT2D eigenvalue weighted by Crippen LogP contribution is -2.43.